The Balaban J connectivity index is -0.0000000800. The van der Waals surface area contributed by atoms with Crippen LogP contribution in [-0.4, -0.2) is 54.5 Å². The van der Waals surface area contributed by atoms with Gasteiger partial charge in [0, 0.05) is 0 Å². The molecule has 0 amide bonds. The fourth-order valence-corrected chi connectivity index (χ4v) is 0. The van der Waals surface area contributed by atoms with Crippen molar-refractivity contribution in [1.82, 2.24) is 0 Å². The van der Waals surface area contributed by atoms with Crippen molar-refractivity contribution in [3.8, 4) is 0 Å². The maximum Gasteiger partial charge on any atom is 2.00 e. The summed E-state index contributed by atoms with van der Waals surface area (Å²) in [6.45, 7) is 0. The molecule has 0 bridgehead atoms. The summed E-state index contributed by atoms with van der Waals surface area (Å²) in [5.41, 5.74) is 0. The van der Waals surface area contributed by atoms with Crippen molar-refractivity contribution in [3.05, 3.63) is 0 Å². The third-order valence-corrected chi connectivity index (χ3v) is 0. The molecule has 7 heteroatoms. The molecule has 0 unspecified atom stereocenters. The molecule has 0 aromatic heterocycles. The second-order valence-electron chi connectivity index (χ2n) is 0.500. The number of hydrogen-bond acceptors (Lipinski definition) is 4. The average molecular weight is 239 g/mol. The van der Waals surface area contributed by atoms with Crippen LogP contribution in [0, 0.1) is 0 Å². The molecule has 7 heavy (non-hydrogen) atoms. The minimum atomic E-state index is -5.61. The maximum absolute atomic E-state index is 8.58. The topological polar surface area (TPSA) is 92.2 Å². The molecular formula is CoO4SiSr. The van der Waals surface area contributed by atoms with Crippen LogP contribution in [0.1, 0.15) is 0 Å². The van der Waals surface area contributed by atoms with Gasteiger partial charge in [0.1, 0.15) is 0 Å². The van der Waals surface area contributed by atoms with E-state index < -0.39 is 9.05 Å². The van der Waals surface area contributed by atoms with Crippen LogP contribution >= 0.6 is 0 Å². The van der Waals surface area contributed by atoms with Crippen LogP contribution in [0.25, 0.3) is 0 Å². The van der Waals surface area contributed by atoms with E-state index in [0.29, 0.717) is 0 Å². The molecule has 0 heterocycles. The first-order valence-corrected chi connectivity index (χ1v) is 2.45. The molecule has 0 N–H and O–H groups in total. The number of hydrogen-bond donors (Lipinski definition) is 0. The van der Waals surface area contributed by atoms with Crippen LogP contribution in [0.5, 0.6) is 0 Å². The molecule has 39 valence electrons. The van der Waals surface area contributed by atoms with E-state index in [9.17, 15) is 0 Å². The SMILES string of the molecule is [Co+2].[O-][Si]([O-])([O-])[O-].[Sr+2]. The monoisotopic (exact) mass is 239 g/mol. The van der Waals surface area contributed by atoms with Crippen LogP contribution in [-0.2, 0) is 16.8 Å². The normalized spacial score (nSPS) is 8.57. The first kappa shape index (κ1) is 16.0. The second-order valence-corrected chi connectivity index (χ2v) is 1.50. The molecule has 0 fully saturated rings. The Bertz CT molecular complexity index is 27.2. The molecule has 0 rings (SSSR count). The molecule has 0 spiro atoms. The van der Waals surface area contributed by atoms with Crippen molar-refractivity contribution in [3.63, 3.8) is 0 Å². The summed E-state index contributed by atoms with van der Waals surface area (Å²) in [7, 11) is -5.61. The van der Waals surface area contributed by atoms with Crippen molar-refractivity contribution in [1.29, 1.82) is 0 Å². The molecule has 0 aromatic rings. The van der Waals surface area contributed by atoms with E-state index in [1.807, 2.05) is 0 Å². The van der Waals surface area contributed by atoms with Crippen LogP contribution in [0.3, 0.4) is 0 Å². The molecule has 4 nitrogen and oxygen atoms in total. The predicted molar refractivity (Wildman–Crippen MR) is 11.5 cm³/mol. The van der Waals surface area contributed by atoms with Crippen LogP contribution < -0.4 is 19.2 Å². The zero-order valence-electron chi connectivity index (χ0n) is 3.17. The standard InChI is InChI=1S/Co.O4Si.Sr/c;1-5(2,3)4;/q+2;-4;+2. The van der Waals surface area contributed by atoms with Crippen molar-refractivity contribution >= 4 is 54.5 Å². The van der Waals surface area contributed by atoms with E-state index in [1.165, 1.54) is 0 Å². The summed E-state index contributed by atoms with van der Waals surface area (Å²) in [4.78, 5) is 34.3. The largest absolute Gasteiger partial charge is 2.00 e. The Hall–Kier alpha value is 2.04. The Kier molecular flexibility index (Phi) is 14.1. The van der Waals surface area contributed by atoms with Crippen molar-refractivity contribution < 1.29 is 36.0 Å². The van der Waals surface area contributed by atoms with E-state index in [2.05, 4.69) is 0 Å². The molecule has 0 atom stereocenters. The Morgan fingerprint density at radius 1 is 0.857 bits per heavy atom. The van der Waals surface area contributed by atoms with Crippen LogP contribution in [0.4, 0.5) is 0 Å². The van der Waals surface area contributed by atoms with E-state index in [0.717, 1.165) is 0 Å². The van der Waals surface area contributed by atoms with E-state index in [4.69, 9.17) is 19.2 Å². The first-order chi connectivity index (χ1) is 2.00. The molecule has 0 aromatic carbocycles. The predicted octanol–water partition coefficient (Wildman–Crippen LogP) is -5.52. The third-order valence-electron chi connectivity index (χ3n) is 0. The van der Waals surface area contributed by atoms with Gasteiger partial charge in [-0.2, -0.15) is 0 Å². The Labute approximate surface area is 89.1 Å². The average Bonchev–Trinajstić information content (AvgIpc) is 0.722. The molecule has 0 aliphatic carbocycles. The minimum absolute atomic E-state index is 0. The van der Waals surface area contributed by atoms with E-state index >= 15 is 0 Å². The Morgan fingerprint density at radius 2 is 0.857 bits per heavy atom. The molecule has 0 aliphatic rings. The molecule has 0 aliphatic heterocycles. The fraction of sp³-hybridized carbons (Fsp3) is 0. The van der Waals surface area contributed by atoms with E-state index in [1.54, 1.807) is 0 Å². The first-order valence-electron chi connectivity index (χ1n) is 0.816. The molecule has 0 saturated carbocycles. The summed E-state index contributed by atoms with van der Waals surface area (Å²) < 4.78 is 0. The summed E-state index contributed by atoms with van der Waals surface area (Å²) in [5.74, 6) is 0. The van der Waals surface area contributed by atoms with Gasteiger partial charge in [-0.15, -0.1) is 0 Å². The van der Waals surface area contributed by atoms with E-state index in [-0.39, 0.29) is 62.3 Å². The van der Waals surface area contributed by atoms with Gasteiger partial charge in [-0.1, -0.05) is 0 Å². The zero-order chi connectivity index (χ0) is 4.50. The van der Waals surface area contributed by atoms with Gasteiger partial charge < -0.3 is 28.2 Å². The fourth-order valence-electron chi connectivity index (χ4n) is 0. The Morgan fingerprint density at radius 3 is 0.857 bits per heavy atom. The zero-order valence-corrected chi connectivity index (χ0v) is 8.69. The minimum Gasteiger partial charge on any atom is -0.894 e. The molecule has 0 saturated heterocycles. The number of rotatable bonds is 0. The van der Waals surface area contributed by atoms with Gasteiger partial charge in [0.15, 0.2) is 0 Å². The van der Waals surface area contributed by atoms with Gasteiger partial charge >= 0.3 is 62.3 Å². The molecular weight excluding hydrogens is 239 g/mol. The van der Waals surface area contributed by atoms with Gasteiger partial charge in [-0.25, -0.2) is 0 Å². The van der Waals surface area contributed by atoms with Gasteiger partial charge in [0.2, 0.25) is 0 Å². The summed E-state index contributed by atoms with van der Waals surface area (Å²) >= 11 is 0. The third kappa shape index (κ3) is 70.3. The van der Waals surface area contributed by atoms with Crippen LogP contribution in [0.15, 0.2) is 0 Å². The van der Waals surface area contributed by atoms with Gasteiger partial charge in [-0.05, 0) is 0 Å². The summed E-state index contributed by atoms with van der Waals surface area (Å²) in [6.07, 6.45) is 0. The molecule has 1 radical (unpaired) electrons. The summed E-state index contributed by atoms with van der Waals surface area (Å²) in [5, 5.41) is 0. The van der Waals surface area contributed by atoms with Crippen molar-refractivity contribution in [2.45, 2.75) is 0 Å². The van der Waals surface area contributed by atoms with Crippen LogP contribution in [0.2, 0.25) is 0 Å². The van der Waals surface area contributed by atoms with Gasteiger partial charge in [0.25, 0.3) is 0 Å². The second kappa shape index (κ2) is 6.17. The van der Waals surface area contributed by atoms with Gasteiger partial charge in [0.05, 0.1) is 0 Å². The summed E-state index contributed by atoms with van der Waals surface area (Å²) in [6, 6.07) is 0. The maximum atomic E-state index is 8.58. The quantitative estimate of drug-likeness (QED) is 0.394. The van der Waals surface area contributed by atoms with Gasteiger partial charge in [-0.3, -0.25) is 0 Å². The van der Waals surface area contributed by atoms with Crippen molar-refractivity contribution in [2.24, 2.45) is 0 Å². The smallest absolute Gasteiger partial charge is 0.894 e. The van der Waals surface area contributed by atoms with Crippen molar-refractivity contribution in [2.75, 3.05) is 0 Å².